The summed E-state index contributed by atoms with van der Waals surface area (Å²) in [6.45, 7) is 4.03. The molecule has 0 fully saturated rings. The van der Waals surface area contributed by atoms with Crippen molar-refractivity contribution in [2.75, 3.05) is 0 Å². The molecule has 148 valence electrons. The van der Waals surface area contributed by atoms with Crippen molar-refractivity contribution in [1.82, 2.24) is 4.90 Å². The fourth-order valence-electron chi connectivity index (χ4n) is 3.58. The molecule has 0 unspecified atom stereocenters. The van der Waals surface area contributed by atoms with Gasteiger partial charge in [0, 0.05) is 5.56 Å². The molecule has 0 heterocycles. The Balaban J connectivity index is 2.12. The van der Waals surface area contributed by atoms with Crippen LogP contribution in [0.4, 0.5) is 0 Å². The van der Waals surface area contributed by atoms with Crippen molar-refractivity contribution in [2.24, 2.45) is 5.73 Å². The maximum absolute atomic E-state index is 13.6. The van der Waals surface area contributed by atoms with Crippen molar-refractivity contribution in [1.29, 1.82) is 0 Å². The summed E-state index contributed by atoms with van der Waals surface area (Å²) in [5.74, 6) is -0.786. The molecule has 3 aromatic rings. The summed E-state index contributed by atoms with van der Waals surface area (Å²) < 4.78 is 0. The molecule has 0 saturated carbocycles. The van der Waals surface area contributed by atoms with Gasteiger partial charge in [-0.05, 0) is 42.2 Å². The van der Waals surface area contributed by atoms with Crippen LogP contribution in [0, 0.1) is 0 Å². The van der Waals surface area contributed by atoms with E-state index >= 15 is 0 Å². The number of primary amides is 1. The first kappa shape index (κ1) is 20.3. The molecule has 2 atom stereocenters. The Morgan fingerprint density at radius 3 is 2.03 bits per heavy atom. The van der Waals surface area contributed by atoms with Gasteiger partial charge in [-0.2, -0.15) is 0 Å². The minimum absolute atomic E-state index is 0.229. The van der Waals surface area contributed by atoms with Crippen LogP contribution in [0.3, 0.4) is 0 Å². The number of amides is 2. The Kier molecular flexibility index (Phi) is 6.45. The molecular weight excluding hydrogens is 360 g/mol. The highest BCUT2D eigenvalue weighted by Crippen LogP contribution is 2.32. The summed E-state index contributed by atoms with van der Waals surface area (Å²) >= 11 is 0. The summed E-state index contributed by atoms with van der Waals surface area (Å²) in [6, 6.07) is 25.1. The van der Waals surface area contributed by atoms with Crippen LogP contribution in [-0.2, 0) is 11.2 Å². The zero-order valence-corrected chi connectivity index (χ0v) is 16.8. The number of carbonyl (C=O) groups is 2. The van der Waals surface area contributed by atoms with Gasteiger partial charge in [0.1, 0.15) is 6.04 Å². The van der Waals surface area contributed by atoms with Crippen molar-refractivity contribution in [2.45, 2.75) is 32.4 Å². The summed E-state index contributed by atoms with van der Waals surface area (Å²) in [5, 5.41) is 0. The van der Waals surface area contributed by atoms with Gasteiger partial charge < -0.3 is 10.6 Å². The maximum atomic E-state index is 13.6. The Hall–Kier alpha value is -3.40. The van der Waals surface area contributed by atoms with Crippen LogP contribution in [0.5, 0.6) is 0 Å². The van der Waals surface area contributed by atoms with Crippen LogP contribution in [0.2, 0.25) is 0 Å². The average molecular weight is 386 g/mol. The maximum Gasteiger partial charge on any atom is 0.255 e. The minimum atomic E-state index is -0.871. The van der Waals surface area contributed by atoms with E-state index in [0.29, 0.717) is 11.1 Å². The van der Waals surface area contributed by atoms with Gasteiger partial charge in [-0.1, -0.05) is 79.7 Å². The van der Waals surface area contributed by atoms with E-state index in [1.807, 2.05) is 67.6 Å². The van der Waals surface area contributed by atoms with Crippen LogP contribution in [0.1, 0.15) is 53.0 Å². The number of benzene rings is 3. The molecule has 0 aromatic heterocycles. The molecule has 0 radical (unpaired) electrons. The lowest BCUT2D eigenvalue weighted by molar-refractivity contribution is -0.123. The largest absolute Gasteiger partial charge is 0.368 e. The van der Waals surface area contributed by atoms with Crippen LogP contribution in [-0.4, -0.2) is 16.7 Å². The smallest absolute Gasteiger partial charge is 0.255 e. The first-order valence-electron chi connectivity index (χ1n) is 9.83. The highest BCUT2D eigenvalue weighted by Gasteiger charge is 2.34. The summed E-state index contributed by atoms with van der Waals surface area (Å²) in [5.41, 5.74) is 9.19. The lowest BCUT2D eigenvalue weighted by Gasteiger charge is -2.36. The van der Waals surface area contributed by atoms with E-state index in [4.69, 9.17) is 5.73 Å². The van der Waals surface area contributed by atoms with Gasteiger partial charge in [0.15, 0.2) is 0 Å². The van der Waals surface area contributed by atoms with E-state index in [-0.39, 0.29) is 11.9 Å². The highest BCUT2D eigenvalue weighted by atomic mass is 16.2. The second kappa shape index (κ2) is 9.20. The molecule has 0 aliphatic rings. The van der Waals surface area contributed by atoms with Gasteiger partial charge in [-0.3, -0.25) is 9.59 Å². The second-order valence-corrected chi connectivity index (χ2v) is 7.07. The normalized spacial score (nSPS) is 12.8. The van der Waals surface area contributed by atoms with Crippen LogP contribution >= 0.6 is 0 Å². The number of hydrogen-bond donors (Lipinski definition) is 1. The Morgan fingerprint density at radius 1 is 0.862 bits per heavy atom. The Morgan fingerprint density at radius 2 is 1.45 bits per heavy atom. The lowest BCUT2D eigenvalue weighted by atomic mass is 9.96. The van der Waals surface area contributed by atoms with Crippen molar-refractivity contribution < 1.29 is 9.59 Å². The SMILES string of the molecule is CCc1cccc([C@@H](C)N(C(=O)c2ccccc2)[C@@H](C(N)=O)c2ccccc2)c1. The highest BCUT2D eigenvalue weighted by molar-refractivity contribution is 5.98. The van der Waals surface area contributed by atoms with E-state index in [0.717, 1.165) is 12.0 Å². The Bertz CT molecular complexity index is 970. The minimum Gasteiger partial charge on any atom is -0.368 e. The third kappa shape index (κ3) is 4.54. The van der Waals surface area contributed by atoms with Gasteiger partial charge in [-0.25, -0.2) is 0 Å². The topological polar surface area (TPSA) is 63.4 Å². The number of nitrogens with zero attached hydrogens (tertiary/aromatic N) is 1. The van der Waals surface area contributed by atoms with Crippen molar-refractivity contribution in [3.63, 3.8) is 0 Å². The predicted molar refractivity (Wildman–Crippen MR) is 115 cm³/mol. The van der Waals surface area contributed by atoms with Gasteiger partial charge in [0.25, 0.3) is 5.91 Å². The predicted octanol–water partition coefficient (Wildman–Crippen LogP) is 4.68. The molecule has 4 heteroatoms. The zero-order chi connectivity index (χ0) is 20.8. The van der Waals surface area contributed by atoms with Crippen molar-refractivity contribution >= 4 is 11.8 Å². The van der Waals surface area contributed by atoms with E-state index in [9.17, 15) is 9.59 Å². The molecule has 2 amide bonds. The van der Waals surface area contributed by atoms with Crippen LogP contribution in [0.15, 0.2) is 84.9 Å². The van der Waals surface area contributed by atoms with Gasteiger partial charge in [0.2, 0.25) is 5.91 Å². The molecule has 0 aliphatic carbocycles. The molecule has 3 rings (SSSR count). The summed E-state index contributed by atoms with van der Waals surface area (Å²) in [6.07, 6.45) is 0.894. The van der Waals surface area contributed by atoms with Crippen molar-refractivity contribution in [3.8, 4) is 0 Å². The third-order valence-electron chi connectivity index (χ3n) is 5.18. The molecule has 0 aliphatic heterocycles. The molecule has 0 saturated heterocycles. The summed E-state index contributed by atoms with van der Waals surface area (Å²) in [7, 11) is 0. The first-order chi connectivity index (χ1) is 14.0. The number of hydrogen-bond acceptors (Lipinski definition) is 2. The Labute approximate surface area is 172 Å². The number of carbonyl (C=O) groups excluding carboxylic acids is 2. The number of aryl methyl sites for hydroxylation is 1. The number of rotatable bonds is 7. The fourth-order valence-corrected chi connectivity index (χ4v) is 3.58. The van der Waals surface area contributed by atoms with Gasteiger partial charge in [0.05, 0.1) is 6.04 Å². The van der Waals surface area contributed by atoms with E-state index in [1.54, 1.807) is 17.0 Å². The molecule has 2 N–H and O–H groups in total. The van der Waals surface area contributed by atoms with Crippen LogP contribution < -0.4 is 5.73 Å². The molecule has 0 bridgehead atoms. The lowest BCUT2D eigenvalue weighted by Crippen LogP contribution is -2.43. The van der Waals surface area contributed by atoms with Gasteiger partial charge in [-0.15, -0.1) is 0 Å². The van der Waals surface area contributed by atoms with Crippen molar-refractivity contribution in [3.05, 3.63) is 107 Å². The fraction of sp³-hybridized carbons (Fsp3) is 0.200. The molecule has 3 aromatic carbocycles. The summed E-state index contributed by atoms with van der Waals surface area (Å²) in [4.78, 5) is 27.7. The quantitative estimate of drug-likeness (QED) is 0.641. The molecular formula is C25H26N2O2. The van der Waals surface area contributed by atoms with E-state index < -0.39 is 11.9 Å². The monoisotopic (exact) mass is 386 g/mol. The second-order valence-electron chi connectivity index (χ2n) is 7.07. The van der Waals surface area contributed by atoms with Gasteiger partial charge >= 0.3 is 0 Å². The molecule has 29 heavy (non-hydrogen) atoms. The number of nitrogens with two attached hydrogens (primary N) is 1. The third-order valence-corrected chi connectivity index (χ3v) is 5.18. The molecule has 4 nitrogen and oxygen atoms in total. The average Bonchev–Trinajstić information content (AvgIpc) is 2.77. The standard InChI is InChI=1S/C25H26N2O2/c1-3-19-11-10-16-22(17-19)18(2)27(25(29)21-14-8-5-9-15-21)23(24(26)28)20-12-6-4-7-13-20/h4-18,23H,3H2,1-2H3,(H2,26,28)/t18-,23-/m1/s1. The zero-order valence-electron chi connectivity index (χ0n) is 16.8. The molecule has 0 spiro atoms. The van der Waals surface area contributed by atoms with E-state index in [2.05, 4.69) is 19.1 Å². The van der Waals surface area contributed by atoms with Crippen LogP contribution in [0.25, 0.3) is 0 Å². The van der Waals surface area contributed by atoms with E-state index in [1.165, 1.54) is 5.56 Å². The first-order valence-corrected chi connectivity index (χ1v) is 9.83.